The molecule has 2 N–H and O–H groups in total. The molecule has 0 unspecified atom stereocenters. The van der Waals surface area contributed by atoms with Crippen LogP contribution in [0.3, 0.4) is 0 Å². The zero-order valence-corrected chi connectivity index (χ0v) is 12.0. The summed E-state index contributed by atoms with van der Waals surface area (Å²) >= 11 is 0. The molecule has 4 nitrogen and oxygen atoms in total. The van der Waals surface area contributed by atoms with Crippen molar-refractivity contribution in [2.45, 2.75) is 51.6 Å². The van der Waals surface area contributed by atoms with Crippen LogP contribution in [-0.2, 0) is 9.59 Å². The number of hydrogen-bond acceptors (Lipinski definition) is 3. The molecule has 20 heavy (non-hydrogen) atoms. The third-order valence-corrected chi connectivity index (χ3v) is 3.10. The maximum atomic E-state index is 11.6. The van der Waals surface area contributed by atoms with Crippen molar-refractivity contribution in [2.75, 3.05) is 5.32 Å². The summed E-state index contributed by atoms with van der Waals surface area (Å²) in [5.41, 5.74) is 0.819. The lowest BCUT2D eigenvalue weighted by atomic mass is 10.1. The Kier molecular flexibility index (Phi) is 7.58. The van der Waals surface area contributed by atoms with Crippen molar-refractivity contribution in [2.24, 2.45) is 0 Å². The summed E-state index contributed by atoms with van der Waals surface area (Å²) in [6, 6.07) is 9.40. The van der Waals surface area contributed by atoms with Crippen LogP contribution < -0.4 is 5.32 Å². The van der Waals surface area contributed by atoms with E-state index in [1.165, 1.54) is 6.92 Å². The Bertz CT molecular complexity index is 415. The number of unbranched alkanes of at least 4 members (excludes halogenated alkanes) is 3. The Morgan fingerprint density at radius 1 is 1.05 bits per heavy atom. The number of aliphatic hydroxyl groups excluding tert-OH is 1. The summed E-state index contributed by atoms with van der Waals surface area (Å²) < 4.78 is 0. The minimum absolute atomic E-state index is 0.0243. The first-order valence-corrected chi connectivity index (χ1v) is 7.15. The van der Waals surface area contributed by atoms with Crippen molar-refractivity contribution in [1.82, 2.24) is 0 Å². The number of carbonyl (C=O) groups is 2. The molecule has 0 bridgehead atoms. The standard InChI is InChI=1S/C16H23NO3/c1-13(18)15(19)11-7-2-3-8-12-16(20)17-14-9-5-4-6-10-14/h4-6,9-10,13,18H,2-3,7-8,11-12H2,1H3,(H,17,20)/t13-/m1/s1. The van der Waals surface area contributed by atoms with Crippen LogP contribution in [0.2, 0.25) is 0 Å². The average Bonchev–Trinajstić information content (AvgIpc) is 2.43. The summed E-state index contributed by atoms with van der Waals surface area (Å²) in [4.78, 5) is 22.8. The Balaban J connectivity index is 2.04. The van der Waals surface area contributed by atoms with E-state index in [2.05, 4.69) is 5.32 Å². The predicted molar refractivity (Wildman–Crippen MR) is 79.5 cm³/mol. The lowest BCUT2D eigenvalue weighted by Crippen LogP contribution is -2.15. The van der Waals surface area contributed by atoms with Crippen LogP contribution in [0.5, 0.6) is 0 Å². The molecule has 0 spiro atoms. The van der Waals surface area contributed by atoms with Crippen molar-refractivity contribution >= 4 is 17.4 Å². The van der Waals surface area contributed by atoms with E-state index in [1.54, 1.807) is 0 Å². The van der Waals surface area contributed by atoms with Gasteiger partial charge in [0.2, 0.25) is 5.91 Å². The molecule has 0 saturated carbocycles. The fourth-order valence-corrected chi connectivity index (χ4v) is 1.89. The topological polar surface area (TPSA) is 66.4 Å². The van der Waals surface area contributed by atoms with Gasteiger partial charge in [-0.25, -0.2) is 0 Å². The van der Waals surface area contributed by atoms with Gasteiger partial charge in [0, 0.05) is 18.5 Å². The summed E-state index contributed by atoms with van der Waals surface area (Å²) in [7, 11) is 0. The van der Waals surface area contributed by atoms with E-state index in [9.17, 15) is 9.59 Å². The molecule has 0 aliphatic rings. The lowest BCUT2D eigenvalue weighted by Gasteiger charge is -2.05. The number of benzene rings is 1. The number of aliphatic hydroxyl groups is 1. The molecule has 110 valence electrons. The molecule has 0 aliphatic carbocycles. The summed E-state index contributed by atoms with van der Waals surface area (Å²) in [6.45, 7) is 1.50. The van der Waals surface area contributed by atoms with Gasteiger partial charge in [-0.05, 0) is 31.9 Å². The Hall–Kier alpha value is -1.68. The SMILES string of the molecule is C[C@@H](O)C(=O)CCCCCCC(=O)Nc1ccccc1. The average molecular weight is 277 g/mol. The number of Topliss-reactive ketones (excluding diaryl/α,β-unsaturated/α-hetero) is 1. The molecule has 1 amide bonds. The van der Waals surface area contributed by atoms with E-state index in [0.717, 1.165) is 31.4 Å². The van der Waals surface area contributed by atoms with Gasteiger partial charge in [-0.2, -0.15) is 0 Å². The number of para-hydroxylation sites is 1. The van der Waals surface area contributed by atoms with Crippen LogP contribution in [0.15, 0.2) is 30.3 Å². The third kappa shape index (κ3) is 7.04. The third-order valence-electron chi connectivity index (χ3n) is 3.10. The van der Waals surface area contributed by atoms with Gasteiger partial charge in [0.05, 0.1) is 0 Å². The molecule has 1 aromatic rings. The minimum atomic E-state index is -0.855. The highest BCUT2D eigenvalue weighted by Gasteiger charge is 2.07. The van der Waals surface area contributed by atoms with Crippen LogP contribution >= 0.6 is 0 Å². The van der Waals surface area contributed by atoms with Crippen LogP contribution in [0, 0.1) is 0 Å². The molecular weight excluding hydrogens is 254 g/mol. The van der Waals surface area contributed by atoms with Crippen molar-refractivity contribution in [3.63, 3.8) is 0 Å². The largest absolute Gasteiger partial charge is 0.386 e. The van der Waals surface area contributed by atoms with Gasteiger partial charge in [0.25, 0.3) is 0 Å². The van der Waals surface area contributed by atoms with Gasteiger partial charge in [0.15, 0.2) is 5.78 Å². The first-order chi connectivity index (χ1) is 9.59. The molecule has 0 fully saturated rings. The van der Waals surface area contributed by atoms with Gasteiger partial charge in [-0.1, -0.05) is 31.0 Å². The zero-order chi connectivity index (χ0) is 14.8. The van der Waals surface area contributed by atoms with Gasteiger partial charge < -0.3 is 10.4 Å². The number of amides is 1. The summed E-state index contributed by atoms with van der Waals surface area (Å²) in [5.74, 6) is -0.0805. The molecule has 0 saturated heterocycles. The Morgan fingerprint density at radius 2 is 1.65 bits per heavy atom. The van der Waals surface area contributed by atoms with Crippen molar-refractivity contribution in [1.29, 1.82) is 0 Å². The molecule has 1 aromatic carbocycles. The zero-order valence-electron chi connectivity index (χ0n) is 12.0. The fourth-order valence-electron chi connectivity index (χ4n) is 1.89. The molecular formula is C16H23NO3. The van der Waals surface area contributed by atoms with Gasteiger partial charge in [-0.15, -0.1) is 0 Å². The molecule has 0 heterocycles. The lowest BCUT2D eigenvalue weighted by molar-refractivity contribution is -0.126. The van der Waals surface area contributed by atoms with Crippen molar-refractivity contribution in [3.8, 4) is 0 Å². The molecule has 4 heteroatoms. The summed E-state index contributed by atoms with van der Waals surface area (Å²) in [5, 5.41) is 11.9. The minimum Gasteiger partial charge on any atom is -0.386 e. The normalized spacial score (nSPS) is 11.9. The van der Waals surface area contributed by atoms with Crippen LogP contribution in [0.1, 0.15) is 45.4 Å². The molecule has 0 aromatic heterocycles. The van der Waals surface area contributed by atoms with Crippen LogP contribution in [-0.4, -0.2) is 22.9 Å². The van der Waals surface area contributed by atoms with Crippen LogP contribution in [0.4, 0.5) is 5.69 Å². The fraction of sp³-hybridized carbons (Fsp3) is 0.500. The van der Waals surface area contributed by atoms with E-state index in [1.807, 2.05) is 30.3 Å². The first-order valence-electron chi connectivity index (χ1n) is 7.15. The molecule has 0 radical (unpaired) electrons. The second-order valence-corrected chi connectivity index (χ2v) is 4.97. The second kappa shape index (κ2) is 9.26. The highest BCUT2D eigenvalue weighted by Crippen LogP contribution is 2.09. The number of ketones is 1. The second-order valence-electron chi connectivity index (χ2n) is 4.97. The first kappa shape index (κ1) is 16.4. The number of rotatable bonds is 9. The Morgan fingerprint density at radius 3 is 2.25 bits per heavy atom. The van der Waals surface area contributed by atoms with Gasteiger partial charge in [-0.3, -0.25) is 9.59 Å². The Labute approximate surface area is 120 Å². The van der Waals surface area contributed by atoms with Crippen molar-refractivity contribution < 1.29 is 14.7 Å². The van der Waals surface area contributed by atoms with E-state index in [-0.39, 0.29) is 11.7 Å². The number of nitrogens with one attached hydrogen (secondary N) is 1. The monoisotopic (exact) mass is 277 g/mol. The van der Waals surface area contributed by atoms with E-state index >= 15 is 0 Å². The van der Waals surface area contributed by atoms with Gasteiger partial charge >= 0.3 is 0 Å². The maximum absolute atomic E-state index is 11.6. The van der Waals surface area contributed by atoms with E-state index < -0.39 is 6.10 Å². The highest BCUT2D eigenvalue weighted by atomic mass is 16.3. The van der Waals surface area contributed by atoms with Crippen molar-refractivity contribution in [3.05, 3.63) is 30.3 Å². The van der Waals surface area contributed by atoms with E-state index in [4.69, 9.17) is 5.11 Å². The quantitative estimate of drug-likeness (QED) is 0.682. The van der Waals surface area contributed by atoms with Gasteiger partial charge in [0.1, 0.15) is 6.10 Å². The summed E-state index contributed by atoms with van der Waals surface area (Å²) in [6.07, 6.45) is 3.51. The maximum Gasteiger partial charge on any atom is 0.224 e. The number of anilines is 1. The molecule has 0 aliphatic heterocycles. The molecule has 1 atom stereocenters. The van der Waals surface area contributed by atoms with E-state index in [0.29, 0.717) is 12.8 Å². The predicted octanol–water partition coefficient (Wildman–Crippen LogP) is 2.92. The number of carbonyl (C=O) groups excluding carboxylic acids is 2. The van der Waals surface area contributed by atoms with Crippen LogP contribution in [0.25, 0.3) is 0 Å². The highest BCUT2D eigenvalue weighted by molar-refractivity contribution is 5.90. The number of hydrogen-bond donors (Lipinski definition) is 2. The molecule has 1 rings (SSSR count). The smallest absolute Gasteiger partial charge is 0.224 e.